The highest BCUT2D eigenvalue weighted by Gasteiger charge is 2.32. The van der Waals surface area contributed by atoms with Gasteiger partial charge in [-0.25, -0.2) is 13.4 Å². The third-order valence-electron chi connectivity index (χ3n) is 5.06. The first kappa shape index (κ1) is 20.9. The van der Waals surface area contributed by atoms with Gasteiger partial charge in [0.15, 0.2) is 0 Å². The number of piperazine rings is 1. The first-order chi connectivity index (χ1) is 14.8. The van der Waals surface area contributed by atoms with Crippen LogP contribution < -0.4 is 10.2 Å². The Labute approximate surface area is 177 Å². The van der Waals surface area contributed by atoms with Gasteiger partial charge in [0.1, 0.15) is 6.20 Å². The summed E-state index contributed by atoms with van der Waals surface area (Å²) < 4.78 is 27.0. The van der Waals surface area contributed by atoms with E-state index in [-0.39, 0.29) is 60.3 Å². The normalized spacial score (nSPS) is 17.4. The van der Waals surface area contributed by atoms with E-state index < -0.39 is 19.9 Å². The molecule has 1 N–H and O–H groups in total. The largest absolute Gasteiger partial charge is 0.361 e. The highest BCUT2D eigenvalue weighted by atomic mass is 32.2. The average Bonchev–Trinajstić information content (AvgIpc) is 3.57. The molecule has 2 fully saturated rings. The molecule has 2 heterocycles. The molecule has 1 aliphatic heterocycles. The van der Waals surface area contributed by atoms with E-state index in [1.165, 1.54) is 22.5 Å². The molecule has 0 atom stereocenters. The Kier molecular flexibility index (Phi) is 5.41. The molecule has 14 heteroatoms. The summed E-state index contributed by atoms with van der Waals surface area (Å²) in [5, 5.41) is 25.2. The number of nitrogens with zero attached hydrogens (tertiary/aromatic N) is 6. The van der Waals surface area contributed by atoms with Crippen LogP contribution in [0.5, 0.6) is 0 Å². The second-order valence-corrected chi connectivity index (χ2v) is 9.16. The Morgan fingerprint density at radius 2 is 1.77 bits per heavy atom. The Bertz CT molecular complexity index is 1130. The van der Waals surface area contributed by atoms with Crippen LogP contribution in [0.4, 0.5) is 23.1 Å². The number of non-ortho nitro benzene ring substituents is 1. The highest BCUT2D eigenvalue weighted by Crippen LogP contribution is 2.30. The third kappa shape index (κ3) is 4.39. The minimum absolute atomic E-state index is 0.122. The molecule has 2 aliphatic rings. The number of nitro benzene ring substituents is 1. The molecular formula is C17H19N7O6S. The molecule has 31 heavy (non-hydrogen) atoms. The van der Waals surface area contributed by atoms with Crippen molar-refractivity contribution in [3.63, 3.8) is 0 Å². The van der Waals surface area contributed by atoms with Crippen molar-refractivity contribution < 1.29 is 18.3 Å². The fourth-order valence-corrected chi connectivity index (χ4v) is 4.68. The van der Waals surface area contributed by atoms with E-state index in [4.69, 9.17) is 0 Å². The number of hydrogen-bond donors (Lipinski definition) is 1. The summed E-state index contributed by atoms with van der Waals surface area (Å²) in [6, 6.07) is 5.09. The van der Waals surface area contributed by atoms with Gasteiger partial charge in [-0.3, -0.25) is 20.2 Å². The SMILES string of the molecule is O=[N+]([O-])c1cccc(S(=O)(=O)N2CCN(c3ncc([N+](=O)[O-])c(NC4CC4)n3)CC2)c1. The van der Waals surface area contributed by atoms with Gasteiger partial charge in [0.05, 0.1) is 14.7 Å². The van der Waals surface area contributed by atoms with Crippen LogP contribution in [-0.2, 0) is 10.0 Å². The van der Waals surface area contributed by atoms with Crippen molar-refractivity contribution in [3.05, 3.63) is 50.7 Å². The molecule has 1 saturated heterocycles. The fraction of sp³-hybridized carbons (Fsp3) is 0.412. The zero-order chi connectivity index (χ0) is 22.2. The number of nitro groups is 2. The molecule has 1 saturated carbocycles. The number of hydrogen-bond acceptors (Lipinski definition) is 10. The van der Waals surface area contributed by atoms with E-state index in [1.807, 2.05) is 0 Å². The quantitative estimate of drug-likeness (QED) is 0.482. The summed E-state index contributed by atoms with van der Waals surface area (Å²) in [6.07, 6.45) is 2.99. The van der Waals surface area contributed by atoms with Crippen LogP contribution in [0.3, 0.4) is 0 Å². The molecular weight excluding hydrogens is 430 g/mol. The van der Waals surface area contributed by atoms with E-state index in [1.54, 1.807) is 4.90 Å². The first-order valence-electron chi connectivity index (χ1n) is 9.53. The zero-order valence-corrected chi connectivity index (χ0v) is 17.1. The minimum atomic E-state index is -3.90. The lowest BCUT2D eigenvalue weighted by atomic mass is 10.3. The van der Waals surface area contributed by atoms with Gasteiger partial charge in [-0.2, -0.15) is 9.29 Å². The van der Waals surface area contributed by atoms with Crippen LogP contribution in [0, 0.1) is 20.2 Å². The van der Waals surface area contributed by atoms with Crippen LogP contribution in [0.25, 0.3) is 0 Å². The average molecular weight is 449 g/mol. The fourth-order valence-electron chi connectivity index (χ4n) is 3.21. The lowest BCUT2D eigenvalue weighted by Gasteiger charge is -2.34. The molecule has 0 radical (unpaired) electrons. The molecule has 0 spiro atoms. The molecule has 0 unspecified atom stereocenters. The molecule has 1 aromatic heterocycles. The number of benzene rings is 1. The standard InChI is InChI=1S/C17H19N7O6S/c25-23(26)13-2-1-3-14(10-13)31(29,30)22-8-6-21(7-9-22)17-18-11-15(24(27)28)16(20-17)19-12-4-5-12/h1-3,10-12H,4-9H2,(H,18,19,20). The van der Waals surface area contributed by atoms with Crippen molar-refractivity contribution in [2.75, 3.05) is 36.4 Å². The van der Waals surface area contributed by atoms with Crippen LogP contribution in [0.15, 0.2) is 35.4 Å². The van der Waals surface area contributed by atoms with Gasteiger partial charge in [-0.1, -0.05) is 6.07 Å². The van der Waals surface area contributed by atoms with Gasteiger partial charge in [0, 0.05) is 44.4 Å². The number of anilines is 2. The van der Waals surface area contributed by atoms with E-state index in [2.05, 4.69) is 15.3 Å². The molecule has 0 bridgehead atoms. The second-order valence-electron chi connectivity index (χ2n) is 7.23. The maximum atomic E-state index is 12.9. The smallest absolute Gasteiger partial charge is 0.329 e. The summed E-state index contributed by atoms with van der Waals surface area (Å²) in [4.78, 5) is 31.0. The summed E-state index contributed by atoms with van der Waals surface area (Å²) in [6.45, 7) is 0.789. The number of rotatable bonds is 7. The van der Waals surface area contributed by atoms with Gasteiger partial charge in [0.2, 0.25) is 21.8 Å². The van der Waals surface area contributed by atoms with Crippen LogP contribution in [-0.4, -0.2) is 64.8 Å². The topological polar surface area (TPSA) is 165 Å². The predicted octanol–water partition coefficient (Wildman–Crippen LogP) is 1.38. The van der Waals surface area contributed by atoms with Crippen molar-refractivity contribution in [1.82, 2.24) is 14.3 Å². The summed E-state index contributed by atoms with van der Waals surface area (Å²) in [5.74, 6) is 0.435. The Hall–Kier alpha value is -3.39. The van der Waals surface area contributed by atoms with Crippen LogP contribution >= 0.6 is 0 Å². The molecule has 13 nitrogen and oxygen atoms in total. The summed E-state index contributed by atoms with van der Waals surface area (Å²) in [7, 11) is -3.90. The van der Waals surface area contributed by atoms with Crippen molar-refractivity contribution in [1.29, 1.82) is 0 Å². The molecule has 164 valence electrons. The summed E-state index contributed by atoms with van der Waals surface area (Å²) >= 11 is 0. The van der Waals surface area contributed by atoms with Crippen molar-refractivity contribution in [2.45, 2.75) is 23.8 Å². The molecule has 2 aromatic rings. The van der Waals surface area contributed by atoms with Crippen molar-refractivity contribution in [3.8, 4) is 0 Å². The van der Waals surface area contributed by atoms with Gasteiger partial charge in [0.25, 0.3) is 5.69 Å². The van der Waals surface area contributed by atoms with E-state index in [0.29, 0.717) is 0 Å². The second kappa shape index (κ2) is 8.03. The monoisotopic (exact) mass is 449 g/mol. The van der Waals surface area contributed by atoms with Crippen LogP contribution in [0.2, 0.25) is 0 Å². The molecule has 1 aliphatic carbocycles. The zero-order valence-electron chi connectivity index (χ0n) is 16.2. The van der Waals surface area contributed by atoms with Gasteiger partial charge in [-0.15, -0.1) is 0 Å². The van der Waals surface area contributed by atoms with Crippen molar-refractivity contribution >= 4 is 33.2 Å². The number of aromatic nitrogens is 2. The number of nitrogens with one attached hydrogen (secondary N) is 1. The van der Waals surface area contributed by atoms with Crippen LogP contribution in [0.1, 0.15) is 12.8 Å². The summed E-state index contributed by atoms with van der Waals surface area (Å²) in [5.41, 5.74) is -0.503. The van der Waals surface area contributed by atoms with E-state index in [0.717, 1.165) is 25.1 Å². The van der Waals surface area contributed by atoms with Gasteiger partial charge >= 0.3 is 5.69 Å². The Morgan fingerprint density at radius 1 is 1.06 bits per heavy atom. The minimum Gasteiger partial charge on any atom is -0.361 e. The highest BCUT2D eigenvalue weighted by molar-refractivity contribution is 7.89. The first-order valence-corrected chi connectivity index (χ1v) is 11.0. The molecule has 0 amide bonds. The van der Waals surface area contributed by atoms with Crippen molar-refractivity contribution in [2.24, 2.45) is 0 Å². The lowest BCUT2D eigenvalue weighted by Crippen LogP contribution is -2.49. The predicted molar refractivity (Wildman–Crippen MR) is 109 cm³/mol. The molecule has 1 aromatic carbocycles. The maximum Gasteiger partial charge on any atom is 0.329 e. The maximum absolute atomic E-state index is 12.9. The van der Waals surface area contributed by atoms with E-state index in [9.17, 15) is 28.6 Å². The number of sulfonamides is 1. The van der Waals surface area contributed by atoms with Gasteiger partial charge in [-0.05, 0) is 18.9 Å². The van der Waals surface area contributed by atoms with Gasteiger partial charge < -0.3 is 10.2 Å². The Balaban J connectivity index is 1.49. The lowest BCUT2D eigenvalue weighted by molar-refractivity contribution is -0.385. The third-order valence-corrected chi connectivity index (χ3v) is 6.95. The van der Waals surface area contributed by atoms with E-state index >= 15 is 0 Å². The molecule has 4 rings (SSSR count). The Morgan fingerprint density at radius 3 is 2.39 bits per heavy atom.